The fraction of sp³-hybridized carbons (Fsp3) is 0.278. The first-order valence-corrected chi connectivity index (χ1v) is 9.37. The number of carbonyl (C=O) groups excluding carboxylic acids is 1. The van der Waals surface area contributed by atoms with Crippen LogP contribution < -0.4 is 15.9 Å². The summed E-state index contributed by atoms with van der Waals surface area (Å²) in [6.45, 7) is 4.64. The van der Waals surface area contributed by atoms with Crippen molar-refractivity contribution in [3.63, 3.8) is 0 Å². The molecule has 8 nitrogen and oxygen atoms in total. The van der Waals surface area contributed by atoms with Crippen molar-refractivity contribution in [3.05, 3.63) is 47.9 Å². The Kier molecular flexibility index (Phi) is 6.02. The van der Waals surface area contributed by atoms with Crippen LogP contribution in [-0.2, 0) is 4.79 Å². The van der Waals surface area contributed by atoms with Crippen LogP contribution in [0.3, 0.4) is 0 Å². The van der Waals surface area contributed by atoms with Gasteiger partial charge >= 0.3 is 0 Å². The molecule has 27 heavy (non-hydrogen) atoms. The predicted octanol–water partition coefficient (Wildman–Crippen LogP) is 2.16. The van der Waals surface area contributed by atoms with Crippen molar-refractivity contribution < 1.29 is 13.9 Å². The van der Waals surface area contributed by atoms with Gasteiger partial charge in [-0.2, -0.15) is 0 Å². The van der Waals surface area contributed by atoms with E-state index in [2.05, 4.69) is 15.5 Å². The van der Waals surface area contributed by atoms with E-state index < -0.39 is 0 Å². The number of amides is 1. The second kappa shape index (κ2) is 8.63. The summed E-state index contributed by atoms with van der Waals surface area (Å²) in [5.41, 5.74) is 1.90. The van der Waals surface area contributed by atoms with Gasteiger partial charge in [0.05, 0.1) is 24.1 Å². The zero-order chi connectivity index (χ0) is 19.2. The average molecular weight is 387 g/mol. The van der Waals surface area contributed by atoms with E-state index in [1.54, 1.807) is 12.3 Å². The first-order valence-electron chi connectivity index (χ1n) is 8.38. The first kappa shape index (κ1) is 18.8. The highest BCUT2D eigenvalue weighted by Gasteiger charge is 2.16. The van der Waals surface area contributed by atoms with Gasteiger partial charge < -0.3 is 20.3 Å². The molecule has 0 unspecified atom stereocenters. The lowest BCUT2D eigenvalue weighted by Crippen LogP contribution is -2.29. The molecule has 0 atom stereocenters. The molecular weight excluding hydrogens is 366 g/mol. The van der Waals surface area contributed by atoms with E-state index in [1.165, 1.54) is 16.4 Å². The maximum absolute atomic E-state index is 12.0. The summed E-state index contributed by atoms with van der Waals surface area (Å²) >= 11 is 1.22. The number of nitrogens with one attached hydrogen (secondary N) is 1. The number of aromatic nitrogens is 3. The maximum atomic E-state index is 12.0. The molecule has 1 amide bonds. The standard InChI is InChI=1S/C18H21N5O3S/c1-12-4-3-5-14(10-12)26-9-7-20-16(24)11-27-18-22-21-17(23(18)19)15-6-8-25-13(15)2/h3-6,8,10H,7,9,11,19H2,1-2H3,(H,20,24). The summed E-state index contributed by atoms with van der Waals surface area (Å²) < 4.78 is 12.2. The monoisotopic (exact) mass is 387 g/mol. The molecule has 0 aliphatic rings. The highest BCUT2D eigenvalue weighted by atomic mass is 32.2. The fourth-order valence-corrected chi connectivity index (χ4v) is 3.11. The molecule has 2 aromatic heterocycles. The quantitative estimate of drug-likeness (QED) is 0.346. The summed E-state index contributed by atoms with van der Waals surface area (Å²) in [5, 5.41) is 11.4. The Morgan fingerprint density at radius 1 is 1.33 bits per heavy atom. The second-order valence-corrected chi connectivity index (χ2v) is 6.81. The van der Waals surface area contributed by atoms with Gasteiger partial charge in [-0.1, -0.05) is 23.9 Å². The Balaban J connectivity index is 1.43. The van der Waals surface area contributed by atoms with E-state index in [0.717, 1.165) is 16.9 Å². The van der Waals surface area contributed by atoms with Crippen LogP contribution in [-0.4, -0.2) is 39.7 Å². The van der Waals surface area contributed by atoms with Crippen LogP contribution in [0.15, 0.2) is 46.2 Å². The van der Waals surface area contributed by atoms with Crippen molar-refractivity contribution in [1.29, 1.82) is 0 Å². The molecule has 0 bridgehead atoms. The molecule has 0 saturated heterocycles. The van der Waals surface area contributed by atoms with Crippen molar-refractivity contribution in [2.75, 3.05) is 24.7 Å². The number of carbonyl (C=O) groups is 1. The number of nitrogen functional groups attached to an aromatic ring is 1. The minimum Gasteiger partial charge on any atom is -0.492 e. The van der Waals surface area contributed by atoms with Crippen molar-refractivity contribution in [2.24, 2.45) is 0 Å². The minimum atomic E-state index is -0.128. The van der Waals surface area contributed by atoms with E-state index in [9.17, 15) is 4.79 Å². The number of furan rings is 1. The summed E-state index contributed by atoms with van der Waals surface area (Å²) in [7, 11) is 0. The number of rotatable bonds is 8. The Morgan fingerprint density at radius 3 is 2.93 bits per heavy atom. The predicted molar refractivity (Wildman–Crippen MR) is 103 cm³/mol. The van der Waals surface area contributed by atoms with Crippen LogP contribution in [0.2, 0.25) is 0 Å². The highest BCUT2D eigenvalue weighted by molar-refractivity contribution is 7.99. The Bertz CT molecular complexity index is 921. The van der Waals surface area contributed by atoms with Crippen LogP contribution in [0, 0.1) is 13.8 Å². The smallest absolute Gasteiger partial charge is 0.230 e. The van der Waals surface area contributed by atoms with Crippen LogP contribution in [0.5, 0.6) is 5.75 Å². The molecule has 9 heteroatoms. The summed E-state index contributed by atoms with van der Waals surface area (Å²) in [5.74, 6) is 8.07. The summed E-state index contributed by atoms with van der Waals surface area (Å²) in [4.78, 5) is 12.0. The normalized spacial score (nSPS) is 10.7. The van der Waals surface area contributed by atoms with Gasteiger partial charge in [0.2, 0.25) is 11.1 Å². The molecule has 2 heterocycles. The Labute approximate surface area is 161 Å². The largest absolute Gasteiger partial charge is 0.492 e. The van der Waals surface area contributed by atoms with Gasteiger partial charge in [-0.25, -0.2) is 4.68 Å². The van der Waals surface area contributed by atoms with E-state index in [1.807, 2.05) is 38.1 Å². The molecule has 3 aromatic rings. The Morgan fingerprint density at radius 2 is 2.19 bits per heavy atom. The van der Waals surface area contributed by atoms with Crippen LogP contribution in [0.1, 0.15) is 11.3 Å². The third-order valence-electron chi connectivity index (χ3n) is 3.78. The number of nitrogens with zero attached hydrogens (tertiary/aromatic N) is 3. The lowest BCUT2D eigenvalue weighted by atomic mass is 10.2. The third kappa shape index (κ3) is 4.82. The fourth-order valence-electron chi connectivity index (χ4n) is 2.42. The highest BCUT2D eigenvalue weighted by Crippen LogP contribution is 2.24. The molecule has 0 aliphatic heterocycles. The zero-order valence-electron chi connectivity index (χ0n) is 15.1. The van der Waals surface area contributed by atoms with Gasteiger partial charge in [-0.05, 0) is 37.6 Å². The second-order valence-electron chi connectivity index (χ2n) is 5.87. The van der Waals surface area contributed by atoms with Crippen LogP contribution in [0.25, 0.3) is 11.4 Å². The number of ether oxygens (including phenoxy) is 1. The molecule has 3 N–H and O–H groups in total. The SMILES string of the molecule is Cc1cccc(OCCNC(=O)CSc2nnc(-c3ccoc3C)n2N)c1. The van der Waals surface area contributed by atoms with Crippen molar-refractivity contribution in [1.82, 2.24) is 20.2 Å². The number of hydrogen-bond acceptors (Lipinski definition) is 7. The molecule has 142 valence electrons. The molecule has 0 radical (unpaired) electrons. The van der Waals surface area contributed by atoms with Gasteiger partial charge in [0.15, 0.2) is 5.82 Å². The van der Waals surface area contributed by atoms with Gasteiger partial charge in [0.1, 0.15) is 18.1 Å². The van der Waals surface area contributed by atoms with Gasteiger partial charge in [0, 0.05) is 0 Å². The number of thioether (sulfide) groups is 1. The van der Waals surface area contributed by atoms with E-state index >= 15 is 0 Å². The topological polar surface area (TPSA) is 108 Å². The molecule has 0 fully saturated rings. The lowest BCUT2D eigenvalue weighted by molar-refractivity contribution is -0.118. The number of nitrogens with two attached hydrogens (primary N) is 1. The Hall–Kier alpha value is -2.94. The first-order chi connectivity index (χ1) is 13.0. The van der Waals surface area contributed by atoms with Gasteiger partial charge in [0.25, 0.3) is 0 Å². The molecule has 0 aliphatic carbocycles. The molecule has 0 spiro atoms. The van der Waals surface area contributed by atoms with E-state index in [0.29, 0.717) is 29.9 Å². The summed E-state index contributed by atoms with van der Waals surface area (Å²) in [6, 6.07) is 9.55. The molecule has 3 rings (SSSR count). The van der Waals surface area contributed by atoms with Crippen molar-refractivity contribution in [3.8, 4) is 17.1 Å². The molecule has 0 saturated carbocycles. The van der Waals surface area contributed by atoms with E-state index in [-0.39, 0.29) is 11.7 Å². The van der Waals surface area contributed by atoms with Crippen molar-refractivity contribution in [2.45, 2.75) is 19.0 Å². The van der Waals surface area contributed by atoms with Gasteiger partial charge in [-0.15, -0.1) is 10.2 Å². The van der Waals surface area contributed by atoms with Crippen molar-refractivity contribution >= 4 is 17.7 Å². The number of aryl methyl sites for hydroxylation is 2. The zero-order valence-corrected chi connectivity index (χ0v) is 16.0. The number of hydrogen-bond donors (Lipinski definition) is 2. The van der Waals surface area contributed by atoms with Crippen LogP contribution >= 0.6 is 11.8 Å². The van der Waals surface area contributed by atoms with Crippen LogP contribution in [0.4, 0.5) is 0 Å². The number of benzene rings is 1. The van der Waals surface area contributed by atoms with E-state index in [4.69, 9.17) is 15.0 Å². The summed E-state index contributed by atoms with van der Waals surface area (Å²) in [6.07, 6.45) is 1.57. The lowest BCUT2D eigenvalue weighted by Gasteiger charge is -2.08. The maximum Gasteiger partial charge on any atom is 0.230 e. The minimum absolute atomic E-state index is 0.128. The molecule has 1 aromatic carbocycles. The third-order valence-corrected chi connectivity index (χ3v) is 4.72. The van der Waals surface area contributed by atoms with Gasteiger partial charge in [-0.3, -0.25) is 4.79 Å². The average Bonchev–Trinajstić information content (AvgIpc) is 3.22. The molecular formula is C18H21N5O3S.